The van der Waals surface area contributed by atoms with Crippen molar-refractivity contribution < 1.29 is 9.84 Å². The molecule has 1 aliphatic carbocycles. The number of hydrogen-bond acceptors (Lipinski definition) is 2. The standard InChI is InChI=1S/C10H16O2/c1-6-3-4-8-7(2)5-12-10(11)9(6)8/h7-8,10-11H,3-5H2,1-2H3/t7?,8-,10-/m1/s1. The summed E-state index contributed by atoms with van der Waals surface area (Å²) in [6.07, 6.45) is 1.75. The zero-order valence-corrected chi connectivity index (χ0v) is 7.71. The van der Waals surface area contributed by atoms with Crippen LogP contribution >= 0.6 is 0 Å². The molecule has 2 rings (SSSR count). The van der Waals surface area contributed by atoms with Crippen LogP contribution in [0.5, 0.6) is 0 Å². The second kappa shape index (κ2) is 2.86. The molecule has 0 aromatic rings. The fourth-order valence-corrected chi connectivity index (χ4v) is 2.42. The number of ether oxygens (including phenoxy) is 1. The van der Waals surface area contributed by atoms with Gasteiger partial charge in [-0.3, -0.25) is 0 Å². The largest absolute Gasteiger partial charge is 0.364 e. The zero-order chi connectivity index (χ0) is 8.72. The lowest BCUT2D eigenvalue weighted by atomic mass is 9.86. The molecule has 0 saturated carbocycles. The third-order valence-corrected chi connectivity index (χ3v) is 3.19. The van der Waals surface area contributed by atoms with Crippen LogP contribution in [0.15, 0.2) is 11.1 Å². The average molecular weight is 168 g/mol. The predicted molar refractivity (Wildman–Crippen MR) is 46.5 cm³/mol. The van der Waals surface area contributed by atoms with Crippen LogP contribution < -0.4 is 0 Å². The number of hydrogen-bond donors (Lipinski definition) is 1. The molecule has 3 atom stereocenters. The normalized spacial score (nSPS) is 41.8. The molecule has 0 aromatic carbocycles. The van der Waals surface area contributed by atoms with Gasteiger partial charge in [0.25, 0.3) is 0 Å². The molecule has 12 heavy (non-hydrogen) atoms. The SMILES string of the molecule is CC1=C2[C@H](O)OCC(C)[C@H]2CC1. The molecule has 68 valence electrons. The molecule has 1 unspecified atom stereocenters. The van der Waals surface area contributed by atoms with Crippen LogP contribution in [0.4, 0.5) is 0 Å². The van der Waals surface area contributed by atoms with Crippen molar-refractivity contribution in [3.8, 4) is 0 Å². The topological polar surface area (TPSA) is 29.5 Å². The van der Waals surface area contributed by atoms with E-state index in [0.717, 1.165) is 6.42 Å². The highest BCUT2D eigenvalue weighted by molar-refractivity contribution is 5.25. The molecule has 2 heteroatoms. The van der Waals surface area contributed by atoms with E-state index in [1.165, 1.54) is 17.6 Å². The predicted octanol–water partition coefficient (Wildman–Crippen LogP) is 1.70. The second-order valence-corrected chi connectivity index (χ2v) is 4.04. The van der Waals surface area contributed by atoms with E-state index in [1.807, 2.05) is 0 Å². The molecular formula is C10H16O2. The van der Waals surface area contributed by atoms with Gasteiger partial charge in [-0.1, -0.05) is 12.5 Å². The molecule has 0 spiro atoms. The van der Waals surface area contributed by atoms with Gasteiger partial charge in [-0.15, -0.1) is 0 Å². The van der Waals surface area contributed by atoms with Crippen molar-refractivity contribution in [2.45, 2.75) is 33.0 Å². The number of fused-ring (bicyclic) bond motifs is 1. The Balaban J connectivity index is 2.27. The van der Waals surface area contributed by atoms with E-state index in [9.17, 15) is 5.11 Å². The molecule has 0 radical (unpaired) electrons. The van der Waals surface area contributed by atoms with Crippen LogP contribution in [0.3, 0.4) is 0 Å². The lowest BCUT2D eigenvalue weighted by Crippen LogP contribution is -2.33. The molecule has 1 saturated heterocycles. The molecule has 0 amide bonds. The third-order valence-electron chi connectivity index (χ3n) is 3.19. The van der Waals surface area contributed by atoms with Gasteiger partial charge in [-0.05, 0) is 37.2 Å². The Hall–Kier alpha value is -0.340. The van der Waals surface area contributed by atoms with Gasteiger partial charge >= 0.3 is 0 Å². The summed E-state index contributed by atoms with van der Waals surface area (Å²) in [6.45, 7) is 5.03. The molecule has 0 aromatic heterocycles. The molecule has 1 heterocycles. The minimum Gasteiger partial charge on any atom is -0.364 e. The van der Waals surface area contributed by atoms with Crippen molar-refractivity contribution in [3.05, 3.63) is 11.1 Å². The first-order valence-corrected chi connectivity index (χ1v) is 4.69. The quantitative estimate of drug-likeness (QED) is 0.558. The summed E-state index contributed by atoms with van der Waals surface area (Å²) in [4.78, 5) is 0. The van der Waals surface area contributed by atoms with Crippen molar-refractivity contribution in [3.63, 3.8) is 0 Å². The highest BCUT2D eigenvalue weighted by Crippen LogP contribution is 2.41. The van der Waals surface area contributed by atoms with Crippen LogP contribution in [-0.2, 0) is 4.74 Å². The van der Waals surface area contributed by atoms with Gasteiger partial charge in [0.1, 0.15) is 0 Å². The molecule has 2 nitrogen and oxygen atoms in total. The lowest BCUT2D eigenvalue weighted by Gasteiger charge is -2.32. The Morgan fingerprint density at radius 1 is 1.50 bits per heavy atom. The van der Waals surface area contributed by atoms with E-state index >= 15 is 0 Å². The Morgan fingerprint density at radius 2 is 2.25 bits per heavy atom. The van der Waals surface area contributed by atoms with Gasteiger partial charge < -0.3 is 9.84 Å². The van der Waals surface area contributed by atoms with Crippen LogP contribution in [0.2, 0.25) is 0 Å². The third kappa shape index (κ3) is 1.10. The summed E-state index contributed by atoms with van der Waals surface area (Å²) >= 11 is 0. The van der Waals surface area contributed by atoms with Gasteiger partial charge in [0.2, 0.25) is 0 Å². The molecule has 1 N–H and O–H groups in total. The number of rotatable bonds is 0. The summed E-state index contributed by atoms with van der Waals surface area (Å²) in [6, 6.07) is 0. The van der Waals surface area contributed by atoms with Crippen LogP contribution in [-0.4, -0.2) is 18.0 Å². The van der Waals surface area contributed by atoms with Gasteiger partial charge in [-0.25, -0.2) is 0 Å². The number of aliphatic hydroxyl groups excluding tert-OH is 1. The van der Waals surface area contributed by atoms with E-state index in [4.69, 9.17) is 4.74 Å². The highest BCUT2D eigenvalue weighted by atomic mass is 16.6. The smallest absolute Gasteiger partial charge is 0.177 e. The maximum absolute atomic E-state index is 9.59. The summed E-state index contributed by atoms with van der Waals surface area (Å²) in [5, 5.41) is 9.59. The first-order chi connectivity index (χ1) is 5.70. The zero-order valence-electron chi connectivity index (χ0n) is 7.71. The van der Waals surface area contributed by atoms with Crippen molar-refractivity contribution in [1.29, 1.82) is 0 Å². The van der Waals surface area contributed by atoms with Crippen LogP contribution in [0.1, 0.15) is 26.7 Å². The van der Waals surface area contributed by atoms with Crippen molar-refractivity contribution in [2.24, 2.45) is 11.8 Å². The molecule has 2 aliphatic rings. The molecule has 1 aliphatic heterocycles. The van der Waals surface area contributed by atoms with Gasteiger partial charge in [0.15, 0.2) is 6.29 Å². The molecular weight excluding hydrogens is 152 g/mol. The summed E-state index contributed by atoms with van der Waals surface area (Å²) in [7, 11) is 0. The monoisotopic (exact) mass is 168 g/mol. The van der Waals surface area contributed by atoms with Crippen molar-refractivity contribution in [1.82, 2.24) is 0 Å². The fourth-order valence-electron chi connectivity index (χ4n) is 2.42. The van der Waals surface area contributed by atoms with E-state index < -0.39 is 6.29 Å². The van der Waals surface area contributed by atoms with E-state index in [2.05, 4.69) is 13.8 Å². The first-order valence-electron chi connectivity index (χ1n) is 4.69. The molecule has 1 fully saturated rings. The Bertz CT molecular complexity index is 220. The Morgan fingerprint density at radius 3 is 2.92 bits per heavy atom. The summed E-state index contributed by atoms with van der Waals surface area (Å²) < 4.78 is 5.27. The van der Waals surface area contributed by atoms with Crippen LogP contribution in [0, 0.1) is 11.8 Å². The van der Waals surface area contributed by atoms with Crippen LogP contribution in [0.25, 0.3) is 0 Å². The highest BCUT2D eigenvalue weighted by Gasteiger charge is 2.36. The van der Waals surface area contributed by atoms with Gasteiger partial charge in [-0.2, -0.15) is 0 Å². The van der Waals surface area contributed by atoms with Crippen molar-refractivity contribution in [2.75, 3.05) is 6.61 Å². The van der Waals surface area contributed by atoms with E-state index in [0.29, 0.717) is 18.4 Å². The fraction of sp³-hybridized carbons (Fsp3) is 0.800. The second-order valence-electron chi connectivity index (χ2n) is 4.04. The minimum absolute atomic E-state index is 0.584. The number of aliphatic hydroxyl groups is 1. The maximum atomic E-state index is 9.59. The van der Waals surface area contributed by atoms with Crippen molar-refractivity contribution >= 4 is 0 Å². The Labute approximate surface area is 73.2 Å². The summed E-state index contributed by atoms with van der Waals surface area (Å²) in [5.41, 5.74) is 2.52. The first kappa shape index (κ1) is 8.27. The molecule has 0 bridgehead atoms. The van der Waals surface area contributed by atoms with E-state index in [1.54, 1.807) is 0 Å². The minimum atomic E-state index is -0.603. The lowest BCUT2D eigenvalue weighted by molar-refractivity contribution is -0.115. The van der Waals surface area contributed by atoms with Gasteiger partial charge in [0, 0.05) is 0 Å². The maximum Gasteiger partial charge on any atom is 0.177 e. The van der Waals surface area contributed by atoms with Gasteiger partial charge in [0.05, 0.1) is 6.61 Å². The summed E-state index contributed by atoms with van der Waals surface area (Å²) in [5.74, 6) is 1.18. The number of allylic oxidation sites excluding steroid dienone is 1. The average Bonchev–Trinajstić information content (AvgIpc) is 2.42. The van der Waals surface area contributed by atoms with E-state index in [-0.39, 0.29) is 0 Å². The Kier molecular flexibility index (Phi) is 1.97.